The molecular formula is C17H22N2O. The minimum atomic E-state index is -0.334. The highest BCUT2D eigenvalue weighted by Crippen LogP contribution is 2.30. The minimum absolute atomic E-state index is 0.131. The van der Waals surface area contributed by atoms with Crippen molar-refractivity contribution in [3.63, 3.8) is 0 Å². The number of nitrogens with two attached hydrogens (primary N) is 2. The van der Waals surface area contributed by atoms with Crippen LogP contribution in [0.1, 0.15) is 31.4 Å². The Labute approximate surface area is 120 Å². The number of benzene rings is 2. The van der Waals surface area contributed by atoms with Crippen molar-refractivity contribution in [1.82, 2.24) is 0 Å². The van der Waals surface area contributed by atoms with E-state index >= 15 is 0 Å². The Bertz CT molecular complexity index is 554. The minimum Gasteiger partial charge on any atom is -0.508 e. The third-order valence-electron chi connectivity index (χ3n) is 3.58. The summed E-state index contributed by atoms with van der Waals surface area (Å²) in [5.41, 5.74) is 14.9. The second-order valence-electron chi connectivity index (χ2n) is 5.12. The van der Waals surface area contributed by atoms with Crippen LogP contribution in [0.2, 0.25) is 0 Å². The van der Waals surface area contributed by atoms with E-state index < -0.39 is 0 Å². The lowest BCUT2D eigenvalue weighted by molar-refractivity contribution is 0.442. The molecule has 0 saturated heterocycles. The maximum Gasteiger partial charge on any atom is 0.121 e. The van der Waals surface area contributed by atoms with Gasteiger partial charge in [-0.1, -0.05) is 55.8 Å². The molecule has 0 aliphatic heterocycles. The Hall–Kier alpha value is -1.84. The lowest BCUT2D eigenvalue weighted by Gasteiger charge is -2.21. The summed E-state index contributed by atoms with van der Waals surface area (Å²) < 4.78 is 0. The van der Waals surface area contributed by atoms with Gasteiger partial charge in [-0.25, -0.2) is 0 Å². The molecule has 0 aromatic heterocycles. The summed E-state index contributed by atoms with van der Waals surface area (Å²) in [6, 6.07) is 15.1. The van der Waals surface area contributed by atoms with E-state index in [9.17, 15) is 5.11 Å². The first kappa shape index (κ1) is 14.6. The van der Waals surface area contributed by atoms with Crippen molar-refractivity contribution in [2.45, 2.75) is 31.8 Å². The highest BCUT2D eigenvalue weighted by atomic mass is 16.3. The Morgan fingerprint density at radius 2 is 1.70 bits per heavy atom. The van der Waals surface area contributed by atoms with E-state index in [2.05, 4.69) is 6.92 Å². The zero-order valence-electron chi connectivity index (χ0n) is 11.8. The molecule has 2 atom stereocenters. The molecule has 2 aromatic rings. The summed E-state index contributed by atoms with van der Waals surface area (Å²) in [5.74, 6) is 0.213. The standard InChI is InChI=1S/C17H22N2O/c1-2-6-15(18)17(19)14-10-9-13(11-16(14)20)12-7-4-3-5-8-12/h3-5,7-11,15,17,20H,2,6,18-19H2,1H3. The summed E-state index contributed by atoms with van der Waals surface area (Å²) in [5, 5.41) is 10.2. The van der Waals surface area contributed by atoms with Gasteiger partial charge in [0.05, 0.1) is 0 Å². The molecule has 5 N–H and O–H groups in total. The van der Waals surface area contributed by atoms with Crippen LogP contribution in [0, 0.1) is 0 Å². The molecule has 0 heterocycles. The molecule has 2 aromatic carbocycles. The molecule has 2 rings (SSSR count). The fourth-order valence-electron chi connectivity index (χ4n) is 2.38. The Morgan fingerprint density at radius 3 is 2.30 bits per heavy atom. The van der Waals surface area contributed by atoms with Crippen LogP contribution in [-0.2, 0) is 0 Å². The van der Waals surface area contributed by atoms with E-state index in [-0.39, 0.29) is 17.8 Å². The van der Waals surface area contributed by atoms with Gasteiger partial charge in [0.25, 0.3) is 0 Å². The Kier molecular flexibility index (Phi) is 4.77. The van der Waals surface area contributed by atoms with Gasteiger partial charge in [0.1, 0.15) is 5.75 Å². The predicted molar refractivity (Wildman–Crippen MR) is 83.4 cm³/mol. The van der Waals surface area contributed by atoms with Crippen molar-refractivity contribution in [2.24, 2.45) is 11.5 Å². The normalized spacial score (nSPS) is 13.9. The number of aromatic hydroxyl groups is 1. The van der Waals surface area contributed by atoms with Crippen LogP contribution in [0.4, 0.5) is 0 Å². The van der Waals surface area contributed by atoms with E-state index in [4.69, 9.17) is 11.5 Å². The fourth-order valence-corrected chi connectivity index (χ4v) is 2.38. The van der Waals surface area contributed by atoms with E-state index in [1.165, 1.54) is 0 Å². The summed E-state index contributed by atoms with van der Waals surface area (Å²) in [7, 11) is 0. The van der Waals surface area contributed by atoms with Crippen molar-refractivity contribution in [1.29, 1.82) is 0 Å². The Morgan fingerprint density at radius 1 is 1.00 bits per heavy atom. The zero-order chi connectivity index (χ0) is 14.5. The summed E-state index contributed by atoms with van der Waals surface area (Å²) in [6.07, 6.45) is 1.83. The third kappa shape index (κ3) is 3.18. The molecule has 2 unspecified atom stereocenters. The maximum atomic E-state index is 10.2. The SMILES string of the molecule is CCCC(N)C(N)c1ccc(-c2ccccc2)cc1O. The molecule has 20 heavy (non-hydrogen) atoms. The number of hydrogen-bond donors (Lipinski definition) is 3. The van der Waals surface area contributed by atoms with Gasteiger partial charge < -0.3 is 16.6 Å². The molecule has 0 amide bonds. The van der Waals surface area contributed by atoms with Gasteiger partial charge in [0, 0.05) is 17.6 Å². The molecule has 0 aliphatic rings. The zero-order valence-corrected chi connectivity index (χ0v) is 11.8. The second kappa shape index (κ2) is 6.55. The maximum absolute atomic E-state index is 10.2. The van der Waals surface area contributed by atoms with Gasteiger partial charge in [-0.2, -0.15) is 0 Å². The van der Waals surface area contributed by atoms with Crippen LogP contribution >= 0.6 is 0 Å². The van der Waals surface area contributed by atoms with E-state index in [1.807, 2.05) is 42.5 Å². The van der Waals surface area contributed by atoms with Crippen molar-refractivity contribution in [2.75, 3.05) is 0 Å². The topological polar surface area (TPSA) is 72.3 Å². The smallest absolute Gasteiger partial charge is 0.121 e. The van der Waals surface area contributed by atoms with Crippen LogP contribution in [0.15, 0.2) is 48.5 Å². The highest BCUT2D eigenvalue weighted by molar-refractivity contribution is 5.66. The number of phenolic OH excluding ortho intramolecular Hbond substituents is 1. The highest BCUT2D eigenvalue weighted by Gasteiger charge is 2.18. The van der Waals surface area contributed by atoms with Gasteiger partial charge >= 0.3 is 0 Å². The largest absolute Gasteiger partial charge is 0.508 e. The van der Waals surface area contributed by atoms with Crippen LogP contribution in [0.5, 0.6) is 5.75 Å². The fraction of sp³-hybridized carbons (Fsp3) is 0.294. The molecule has 0 bridgehead atoms. The van der Waals surface area contributed by atoms with Crippen LogP contribution in [0.25, 0.3) is 11.1 Å². The van der Waals surface area contributed by atoms with E-state index in [1.54, 1.807) is 6.07 Å². The summed E-state index contributed by atoms with van der Waals surface area (Å²) >= 11 is 0. The molecule has 0 fully saturated rings. The monoisotopic (exact) mass is 270 g/mol. The average molecular weight is 270 g/mol. The lowest BCUT2D eigenvalue weighted by atomic mass is 9.94. The van der Waals surface area contributed by atoms with Crippen molar-refractivity contribution < 1.29 is 5.11 Å². The molecule has 3 nitrogen and oxygen atoms in total. The van der Waals surface area contributed by atoms with Gasteiger partial charge in [-0.3, -0.25) is 0 Å². The Balaban J connectivity index is 2.26. The predicted octanol–water partition coefficient (Wildman–Crippen LogP) is 3.19. The summed E-state index contributed by atoms with van der Waals surface area (Å²) in [4.78, 5) is 0. The first-order valence-electron chi connectivity index (χ1n) is 7.03. The number of phenols is 1. The van der Waals surface area contributed by atoms with Crippen molar-refractivity contribution >= 4 is 0 Å². The molecule has 0 saturated carbocycles. The molecule has 0 aliphatic carbocycles. The first-order chi connectivity index (χ1) is 9.63. The average Bonchev–Trinajstić information content (AvgIpc) is 2.47. The lowest BCUT2D eigenvalue weighted by Crippen LogP contribution is -2.33. The van der Waals surface area contributed by atoms with Gasteiger partial charge in [0.15, 0.2) is 0 Å². The van der Waals surface area contributed by atoms with Gasteiger partial charge in [-0.15, -0.1) is 0 Å². The van der Waals surface area contributed by atoms with E-state index in [0.29, 0.717) is 5.56 Å². The molecular weight excluding hydrogens is 248 g/mol. The van der Waals surface area contributed by atoms with Crippen LogP contribution < -0.4 is 11.5 Å². The second-order valence-corrected chi connectivity index (χ2v) is 5.12. The molecule has 0 spiro atoms. The molecule has 106 valence electrons. The molecule has 0 radical (unpaired) electrons. The summed E-state index contributed by atoms with van der Waals surface area (Å²) in [6.45, 7) is 2.07. The first-order valence-corrected chi connectivity index (χ1v) is 7.03. The molecule has 3 heteroatoms. The quantitative estimate of drug-likeness (QED) is 0.781. The van der Waals surface area contributed by atoms with Gasteiger partial charge in [-0.05, 0) is 23.6 Å². The van der Waals surface area contributed by atoms with E-state index in [0.717, 1.165) is 24.0 Å². The van der Waals surface area contributed by atoms with Crippen molar-refractivity contribution in [3.8, 4) is 16.9 Å². The third-order valence-corrected chi connectivity index (χ3v) is 3.58. The van der Waals surface area contributed by atoms with Gasteiger partial charge in [0.2, 0.25) is 0 Å². The number of rotatable bonds is 5. The number of hydrogen-bond acceptors (Lipinski definition) is 3. The van der Waals surface area contributed by atoms with Crippen LogP contribution in [0.3, 0.4) is 0 Å². The van der Waals surface area contributed by atoms with Crippen LogP contribution in [-0.4, -0.2) is 11.1 Å². The van der Waals surface area contributed by atoms with Crippen molar-refractivity contribution in [3.05, 3.63) is 54.1 Å².